The van der Waals surface area contributed by atoms with E-state index in [2.05, 4.69) is 48.5 Å². The molecular formula is C18H29IN2O4. The smallest absolute Gasteiger partial charge is 0.410 e. The van der Waals surface area contributed by atoms with Crippen LogP contribution in [-0.2, 0) is 9.16 Å². The van der Waals surface area contributed by atoms with Gasteiger partial charge in [-0.1, -0.05) is 43.4 Å². The summed E-state index contributed by atoms with van der Waals surface area (Å²) in [6, 6.07) is 1.80. The second-order valence-corrected chi connectivity index (χ2v) is 9.33. The Kier molecular flexibility index (Phi) is 5.95. The fourth-order valence-corrected chi connectivity index (χ4v) is 3.59. The summed E-state index contributed by atoms with van der Waals surface area (Å²) in [4.78, 5) is 14.6. The molecule has 0 spiro atoms. The molecule has 1 amide bonds. The van der Waals surface area contributed by atoms with Gasteiger partial charge in [0.15, 0.2) is 0 Å². The maximum atomic E-state index is 12.8. The summed E-state index contributed by atoms with van der Waals surface area (Å²) in [5, 5.41) is 3.95. The number of likely N-dealkylation sites (tertiary alicyclic amines) is 1. The van der Waals surface area contributed by atoms with Gasteiger partial charge in [-0.25, -0.2) is 4.79 Å². The third-order valence-corrected chi connectivity index (χ3v) is 5.38. The van der Waals surface area contributed by atoms with Crippen LogP contribution in [0, 0.1) is 5.41 Å². The van der Waals surface area contributed by atoms with E-state index in [-0.39, 0.29) is 11.5 Å². The highest BCUT2D eigenvalue weighted by atomic mass is 127. The first-order valence-corrected chi connectivity index (χ1v) is 10.2. The molecule has 0 unspecified atom stereocenters. The second kappa shape index (κ2) is 7.32. The highest BCUT2D eigenvalue weighted by Crippen LogP contribution is 2.44. The van der Waals surface area contributed by atoms with Crippen LogP contribution in [0.5, 0.6) is 5.88 Å². The zero-order chi connectivity index (χ0) is 18.9. The van der Waals surface area contributed by atoms with Gasteiger partial charge in [-0.15, -0.1) is 0 Å². The predicted molar refractivity (Wildman–Crippen MR) is 104 cm³/mol. The molecule has 1 aliphatic heterocycles. The van der Waals surface area contributed by atoms with Gasteiger partial charge in [-0.2, -0.15) is 0 Å². The molecule has 6 nitrogen and oxygen atoms in total. The van der Waals surface area contributed by atoms with Gasteiger partial charge in [0.2, 0.25) is 0 Å². The number of carbonyl (C=O) groups is 1. The van der Waals surface area contributed by atoms with Crippen molar-refractivity contribution in [1.82, 2.24) is 10.1 Å². The number of hydrogen-bond donors (Lipinski definition) is 0. The number of alkyl halides is 1. The van der Waals surface area contributed by atoms with Gasteiger partial charge in [0.25, 0.3) is 5.88 Å². The lowest BCUT2D eigenvalue weighted by Gasteiger charge is -2.47. The third kappa shape index (κ3) is 4.60. The Morgan fingerprint density at radius 1 is 1.36 bits per heavy atom. The number of halogens is 1. The first kappa shape index (κ1) is 20.3. The number of amides is 1. The Labute approximate surface area is 163 Å². The Balaban J connectivity index is 2.22. The first-order valence-electron chi connectivity index (χ1n) is 8.63. The maximum absolute atomic E-state index is 12.8. The molecule has 1 fully saturated rings. The van der Waals surface area contributed by atoms with Gasteiger partial charge in [0, 0.05) is 12.6 Å². The van der Waals surface area contributed by atoms with Crippen molar-refractivity contribution < 1.29 is 18.8 Å². The van der Waals surface area contributed by atoms with E-state index in [1.807, 2.05) is 25.7 Å². The van der Waals surface area contributed by atoms with Crippen molar-refractivity contribution in [3.05, 3.63) is 11.8 Å². The molecule has 142 valence electrons. The number of carbonyl (C=O) groups excluding carboxylic acids is 1. The topological polar surface area (TPSA) is 64.8 Å². The van der Waals surface area contributed by atoms with Gasteiger partial charge in [0.05, 0.1) is 9.97 Å². The molecule has 1 aromatic heterocycles. The lowest BCUT2D eigenvalue weighted by Crippen LogP contribution is -2.59. The normalized spacial score (nSPS) is 21.5. The Morgan fingerprint density at radius 2 is 2.04 bits per heavy atom. The molecule has 1 aromatic rings. The van der Waals surface area contributed by atoms with Crippen LogP contribution in [-0.4, -0.2) is 40.4 Å². The van der Waals surface area contributed by atoms with E-state index in [1.165, 1.54) is 0 Å². The first-order chi connectivity index (χ1) is 11.5. The van der Waals surface area contributed by atoms with Crippen molar-refractivity contribution in [1.29, 1.82) is 0 Å². The van der Waals surface area contributed by atoms with Gasteiger partial charge in [-0.05, 0) is 44.2 Å². The van der Waals surface area contributed by atoms with Crippen molar-refractivity contribution in [2.75, 3.05) is 13.2 Å². The van der Waals surface area contributed by atoms with Crippen LogP contribution in [0.4, 0.5) is 4.79 Å². The largest absolute Gasteiger partial charge is 0.473 e. The Hall–Kier alpha value is -0.990. The van der Waals surface area contributed by atoms with E-state index in [0.29, 0.717) is 19.0 Å². The van der Waals surface area contributed by atoms with Crippen molar-refractivity contribution in [2.45, 2.75) is 70.0 Å². The van der Waals surface area contributed by atoms with E-state index >= 15 is 0 Å². The second-order valence-electron chi connectivity index (χ2n) is 8.57. The summed E-state index contributed by atoms with van der Waals surface area (Å²) in [5.74, 6) is 1.24. The van der Waals surface area contributed by atoms with Crippen molar-refractivity contribution >= 4 is 28.7 Å². The van der Waals surface area contributed by atoms with Gasteiger partial charge in [-0.3, -0.25) is 4.90 Å². The Bertz CT molecular complexity index is 603. The van der Waals surface area contributed by atoms with Crippen LogP contribution < -0.4 is 4.74 Å². The summed E-state index contributed by atoms with van der Waals surface area (Å²) in [6.45, 7) is 13.1. The van der Waals surface area contributed by atoms with Gasteiger partial charge >= 0.3 is 6.09 Å². The molecule has 0 saturated carbocycles. The number of nitrogens with zero attached hydrogens (tertiary/aromatic N) is 2. The van der Waals surface area contributed by atoms with Crippen LogP contribution in [0.25, 0.3) is 0 Å². The summed E-state index contributed by atoms with van der Waals surface area (Å²) < 4.78 is 17.5. The lowest BCUT2D eigenvalue weighted by atomic mass is 9.72. The van der Waals surface area contributed by atoms with Crippen molar-refractivity contribution in [3.8, 4) is 5.88 Å². The minimum atomic E-state index is -0.522. The molecule has 0 N–H and O–H groups in total. The molecule has 0 radical (unpaired) electrons. The van der Waals surface area contributed by atoms with E-state index in [1.54, 1.807) is 6.07 Å². The molecule has 2 heterocycles. The number of rotatable bonds is 4. The average Bonchev–Trinajstić information content (AvgIpc) is 3.09. The SMILES string of the molecule is CC(C)(C)OC(=O)N1CCC[C@]1(COc1cc(CI)on1)C(C)(C)C. The highest BCUT2D eigenvalue weighted by Gasteiger charge is 2.53. The molecule has 1 saturated heterocycles. The minimum absolute atomic E-state index is 0.170. The van der Waals surface area contributed by atoms with Crippen LogP contribution in [0.3, 0.4) is 0 Å². The molecule has 2 rings (SSSR count). The molecule has 0 bridgehead atoms. The molecule has 0 aliphatic carbocycles. The van der Waals surface area contributed by atoms with Crippen molar-refractivity contribution in [2.24, 2.45) is 5.41 Å². The fraction of sp³-hybridized carbons (Fsp3) is 0.778. The summed E-state index contributed by atoms with van der Waals surface area (Å²) >= 11 is 2.21. The molecule has 1 aliphatic rings. The van der Waals surface area contributed by atoms with Gasteiger partial charge in [0.1, 0.15) is 18.0 Å². The van der Waals surface area contributed by atoms with E-state index in [0.717, 1.165) is 23.0 Å². The number of aromatic nitrogens is 1. The number of ether oxygens (including phenoxy) is 2. The number of hydrogen-bond acceptors (Lipinski definition) is 5. The van der Waals surface area contributed by atoms with Crippen LogP contribution in [0.15, 0.2) is 10.6 Å². The van der Waals surface area contributed by atoms with Gasteiger partial charge < -0.3 is 14.0 Å². The minimum Gasteiger partial charge on any atom is -0.473 e. The van der Waals surface area contributed by atoms with E-state index < -0.39 is 11.1 Å². The zero-order valence-corrected chi connectivity index (χ0v) is 18.2. The lowest BCUT2D eigenvalue weighted by molar-refractivity contribution is -0.0382. The molecule has 25 heavy (non-hydrogen) atoms. The maximum Gasteiger partial charge on any atom is 0.410 e. The quantitative estimate of drug-likeness (QED) is 0.473. The standard InChI is InChI=1S/C18H29IN2O4/c1-16(2,3)18(12-23-14-10-13(11-19)25-20-14)8-7-9-21(18)15(22)24-17(4,5)6/h10H,7-9,11-12H2,1-6H3/t18-/m0/s1. The fourth-order valence-electron chi connectivity index (χ4n) is 3.23. The van der Waals surface area contributed by atoms with Crippen molar-refractivity contribution in [3.63, 3.8) is 0 Å². The van der Waals surface area contributed by atoms with Crippen LogP contribution in [0.2, 0.25) is 0 Å². The average molecular weight is 464 g/mol. The summed E-state index contributed by atoms with van der Waals surface area (Å²) in [7, 11) is 0. The summed E-state index contributed by atoms with van der Waals surface area (Å²) in [6.07, 6.45) is 1.52. The van der Waals surface area contributed by atoms with Crippen LogP contribution in [0.1, 0.15) is 60.1 Å². The molecular weight excluding hydrogens is 435 g/mol. The molecule has 1 atom stereocenters. The third-order valence-electron chi connectivity index (χ3n) is 4.63. The zero-order valence-electron chi connectivity index (χ0n) is 16.0. The predicted octanol–water partition coefficient (Wildman–Crippen LogP) is 4.80. The molecule has 7 heteroatoms. The van der Waals surface area contributed by atoms with E-state index in [9.17, 15) is 4.79 Å². The highest BCUT2D eigenvalue weighted by molar-refractivity contribution is 14.1. The van der Waals surface area contributed by atoms with E-state index in [4.69, 9.17) is 14.0 Å². The molecule has 0 aromatic carbocycles. The Morgan fingerprint density at radius 3 is 2.56 bits per heavy atom. The monoisotopic (exact) mass is 464 g/mol. The van der Waals surface area contributed by atoms with Crippen LogP contribution >= 0.6 is 22.6 Å². The summed E-state index contributed by atoms with van der Waals surface area (Å²) in [5.41, 5.74) is -1.14.